The number of benzene rings is 1. The number of alkyl halides is 3. The van der Waals surface area contributed by atoms with Crippen LogP contribution in [0.5, 0.6) is 0 Å². The average molecular weight is 318 g/mol. The molecule has 114 valence electrons. The fourth-order valence-corrected chi connectivity index (χ4v) is 3.94. The first-order valence-corrected chi connectivity index (χ1v) is 7.79. The standard InChI is InChI=1S/C13H13F3N2O2S/c14-13(15,16)10-4-3-6-12(8-10)21(19,20)18-7-2-1-5-11(18)9-17/h3-4,6,8,11H,1-2,5,7H2. The quantitative estimate of drug-likeness (QED) is 0.842. The smallest absolute Gasteiger partial charge is 0.207 e. The maximum atomic E-state index is 12.7. The van der Waals surface area contributed by atoms with E-state index in [1.807, 2.05) is 6.07 Å². The number of hydrogen-bond donors (Lipinski definition) is 0. The zero-order chi connectivity index (χ0) is 15.7. The average Bonchev–Trinajstić information content (AvgIpc) is 2.46. The van der Waals surface area contributed by atoms with E-state index in [1.54, 1.807) is 0 Å². The molecule has 0 saturated carbocycles. The van der Waals surface area contributed by atoms with E-state index in [1.165, 1.54) is 0 Å². The molecule has 1 unspecified atom stereocenters. The molecule has 1 aliphatic rings. The minimum absolute atomic E-state index is 0.150. The van der Waals surface area contributed by atoms with Crippen LogP contribution >= 0.6 is 0 Å². The summed E-state index contributed by atoms with van der Waals surface area (Å²) in [5.41, 5.74) is -1.02. The summed E-state index contributed by atoms with van der Waals surface area (Å²) in [6.07, 6.45) is -2.89. The van der Waals surface area contributed by atoms with E-state index in [0.29, 0.717) is 18.9 Å². The first kappa shape index (κ1) is 15.8. The van der Waals surface area contributed by atoms with E-state index < -0.39 is 32.7 Å². The predicted octanol–water partition coefficient (Wildman–Crippen LogP) is 2.77. The van der Waals surface area contributed by atoms with Gasteiger partial charge in [-0.25, -0.2) is 8.42 Å². The highest BCUT2D eigenvalue weighted by Gasteiger charge is 2.36. The van der Waals surface area contributed by atoms with Crippen molar-refractivity contribution in [2.24, 2.45) is 0 Å². The molecule has 8 heteroatoms. The Morgan fingerprint density at radius 1 is 1.29 bits per heavy atom. The highest BCUT2D eigenvalue weighted by molar-refractivity contribution is 7.89. The Morgan fingerprint density at radius 2 is 2.00 bits per heavy atom. The summed E-state index contributed by atoms with van der Waals surface area (Å²) in [6.45, 7) is 0.150. The van der Waals surface area contributed by atoms with Crippen LogP contribution in [-0.4, -0.2) is 25.3 Å². The van der Waals surface area contributed by atoms with E-state index in [9.17, 15) is 21.6 Å². The van der Waals surface area contributed by atoms with Gasteiger partial charge in [-0.05, 0) is 37.5 Å². The fraction of sp³-hybridized carbons (Fsp3) is 0.462. The van der Waals surface area contributed by atoms with E-state index in [2.05, 4.69) is 0 Å². The molecule has 0 spiro atoms. The molecule has 1 aliphatic heterocycles. The largest absolute Gasteiger partial charge is 0.416 e. The van der Waals surface area contributed by atoms with Crippen LogP contribution in [0.15, 0.2) is 29.2 Å². The predicted molar refractivity (Wildman–Crippen MR) is 68.6 cm³/mol. The molecule has 0 amide bonds. The maximum absolute atomic E-state index is 12.7. The molecule has 0 N–H and O–H groups in total. The number of nitrogens with zero attached hydrogens (tertiary/aromatic N) is 2. The van der Waals surface area contributed by atoms with Crippen molar-refractivity contribution in [2.45, 2.75) is 36.4 Å². The third-order valence-corrected chi connectivity index (χ3v) is 5.27. The van der Waals surface area contributed by atoms with Crippen LogP contribution in [-0.2, 0) is 16.2 Å². The Labute approximate surface area is 120 Å². The summed E-state index contributed by atoms with van der Waals surface area (Å²) in [5, 5.41) is 9.02. The van der Waals surface area contributed by atoms with Gasteiger partial charge in [-0.1, -0.05) is 6.07 Å². The SMILES string of the molecule is N#CC1CCCCN1S(=O)(=O)c1cccc(C(F)(F)F)c1. The van der Waals surface area contributed by atoms with Gasteiger partial charge < -0.3 is 0 Å². The van der Waals surface area contributed by atoms with Gasteiger partial charge in [-0.2, -0.15) is 22.7 Å². The molecule has 1 heterocycles. The summed E-state index contributed by atoms with van der Waals surface area (Å²) in [5.74, 6) is 0. The van der Waals surface area contributed by atoms with Crippen LogP contribution in [0.4, 0.5) is 13.2 Å². The van der Waals surface area contributed by atoms with Gasteiger partial charge in [0.05, 0.1) is 16.5 Å². The van der Waals surface area contributed by atoms with Crippen molar-refractivity contribution in [2.75, 3.05) is 6.54 Å². The lowest BCUT2D eigenvalue weighted by molar-refractivity contribution is -0.137. The van der Waals surface area contributed by atoms with Gasteiger partial charge in [-0.3, -0.25) is 0 Å². The van der Waals surface area contributed by atoms with Gasteiger partial charge in [0.1, 0.15) is 6.04 Å². The van der Waals surface area contributed by atoms with E-state index in [0.717, 1.165) is 28.9 Å². The van der Waals surface area contributed by atoms with Gasteiger partial charge in [0.2, 0.25) is 10.0 Å². The van der Waals surface area contributed by atoms with Gasteiger partial charge >= 0.3 is 6.18 Å². The van der Waals surface area contributed by atoms with Crippen molar-refractivity contribution < 1.29 is 21.6 Å². The molecule has 1 saturated heterocycles. The highest BCUT2D eigenvalue weighted by Crippen LogP contribution is 2.32. The van der Waals surface area contributed by atoms with Crippen molar-refractivity contribution >= 4 is 10.0 Å². The number of rotatable bonds is 2. The summed E-state index contributed by atoms with van der Waals surface area (Å²) in [6, 6.07) is 4.68. The lowest BCUT2D eigenvalue weighted by atomic mass is 10.1. The zero-order valence-electron chi connectivity index (χ0n) is 11.0. The lowest BCUT2D eigenvalue weighted by Gasteiger charge is -2.30. The number of nitriles is 1. The Bertz CT molecular complexity index is 665. The van der Waals surface area contributed by atoms with Crippen LogP contribution in [0.1, 0.15) is 24.8 Å². The second-order valence-electron chi connectivity index (χ2n) is 4.78. The van der Waals surface area contributed by atoms with E-state index in [-0.39, 0.29) is 6.54 Å². The third kappa shape index (κ3) is 3.19. The van der Waals surface area contributed by atoms with Crippen LogP contribution in [0, 0.1) is 11.3 Å². The molecule has 0 bridgehead atoms. The molecule has 2 rings (SSSR count). The molecular weight excluding hydrogens is 305 g/mol. The highest BCUT2D eigenvalue weighted by atomic mass is 32.2. The van der Waals surface area contributed by atoms with Crippen molar-refractivity contribution in [1.82, 2.24) is 4.31 Å². The molecule has 0 aromatic heterocycles. The minimum Gasteiger partial charge on any atom is -0.207 e. The molecule has 21 heavy (non-hydrogen) atoms. The zero-order valence-corrected chi connectivity index (χ0v) is 11.8. The molecule has 1 aromatic rings. The van der Waals surface area contributed by atoms with Crippen molar-refractivity contribution in [3.8, 4) is 6.07 Å². The van der Waals surface area contributed by atoms with Gasteiger partial charge in [0.15, 0.2) is 0 Å². The number of hydrogen-bond acceptors (Lipinski definition) is 3. The summed E-state index contributed by atoms with van der Waals surface area (Å²) in [4.78, 5) is -0.431. The summed E-state index contributed by atoms with van der Waals surface area (Å²) in [7, 11) is -4.10. The molecule has 0 aliphatic carbocycles. The van der Waals surface area contributed by atoms with Gasteiger partial charge in [0.25, 0.3) is 0 Å². The third-order valence-electron chi connectivity index (χ3n) is 3.37. The molecule has 1 fully saturated rings. The second kappa shape index (κ2) is 5.66. The van der Waals surface area contributed by atoms with Crippen molar-refractivity contribution in [3.63, 3.8) is 0 Å². The Morgan fingerprint density at radius 3 is 2.62 bits per heavy atom. The van der Waals surface area contributed by atoms with Crippen LogP contribution < -0.4 is 0 Å². The first-order chi connectivity index (χ1) is 9.76. The van der Waals surface area contributed by atoms with Crippen molar-refractivity contribution in [3.05, 3.63) is 29.8 Å². The van der Waals surface area contributed by atoms with E-state index in [4.69, 9.17) is 5.26 Å². The number of sulfonamides is 1. The summed E-state index contributed by atoms with van der Waals surface area (Å²) >= 11 is 0. The second-order valence-corrected chi connectivity index (χ2v) is 6.67. The first-order valence-electron chi connectivity index (χ1n) is 6.35. The summed E-state index contributed by atoms with van der Waals surface area (Å²) < 4.78 is 63.9. The molecular formula is C13H13F3N2O2S. The normalized spacial score (nSPS) is 21.0. The molecule has 1 aromatic carbocycles. The topological polar surface area (TPSA) is 61.2 Å². The van der Waals surface area contributed by atoms with Crippen molar-refractivity contribution in [1.29, 1.82) is 5.26 Å². The minimum atomic E-state index is -4.61. The Balaban J connectivity index is 2.42. The Kier molecular flexibility index (Phi) is 4.25. The lowest BCUT2D eigenvalue weighted by Crippen LogP contribution is -2.42. The fourth-order valence-electron chi connectivity index (χ4n) is 2.29. The van der Waals surface area contributed by atoms with Gasteiger partial charge in [0, 0.05) is 6.54 Å². The van der Waals surface area contributed by atoms with Crippen LogP contribution in [0.25, 0.3) is 0 Å². The van der Waals surface area contributed by atoms with E-state index >= 15 is 0 Å². The Hall–Kier alpha value is -1.59. The maximum Gasteiger partial charge on any atom is 0.416 e. The molecule has 4 nitrogen and oxygen atoms in total. The number of piperidine rings is 1. The van der Waals surface area contributed by atoms with Crippen LogP contribution in [0.3, 0.4) is 0 Å². The molecule has 1 atom stereocenters. The number of halogens is 3. The molecule has 0 radical (unpaired) electrons. The monoisotopic (exact) mass is 318 g/mol. The van der Waals surface area contributed by atoms with Crippen LogP contribution in [0.2, 0.25) is 0 Å². The van der Waals surface area contributed by atoms with Gasteiger partial charge in [-0.15, -0.1) is 0 Å².